The van der Waals surface area contributed by atoms with Crippen molar-refractivity contribution >= 4 is 45.0 Å². The summed E-state index contributed by atoms with van der Waals surface area (Å²) in [4.78, 5) is 40.3. The lowest BCUT2D eigenvalue weighted by molar-refractivity contribution is -0.134. The molecular weight excluding hydrogens is 534 g/mol. The summed E-state index contributed by atoms with van der Waals surface area (Å²) in [7, 11) is -3.72. The number of amides is 3. The molecule has 0 unspecified atom stereocenters. The molecule has 0 bridgehead atoms. The largest absolute Gasteiger partial charge is 0.482 e. The Kier molecular flexibility index (Phi) is 8.56. The van der Waals surface area contributed by atoms with Crippen LogP contribution in [-0.2, 0) is 24.4 Å². The van der Waals surface area contributed by atoms with Gasteiger partial charge in [-0.3, -0.25) is 19.3 Å². The number of benzene rings is 2. The van der Waals surface area contributed by atoms with E-state index in [9.17, 15) is 22.8 Å². The van der Waals surface area contributed by atoms with E-state index in [2.05, 4.69) is 20.7 Å². The Hall–Kier alpha value is -3.19. The highest BCUT2D eigenvalue weighted by molar-refractivity contribution is 7.89. The van der Waals surface area contributed by atoms with E-state index in [1.54, 1.807) is 30.3 Å². The number of nitrogens with one attached hydrogen (secondary N) is 4. The van der Waals surface area contributed by atoms with Crippen LogP contribution in [0.1, 0.15) is 18.4 Å². The smallest absolute Gasteiger partial charge is 0.265 e. The number of aryl methyl sites for hydroxylation is 1. The highest BCUT2D eigenvalue weighted by atomic mass is 35.5. The van der Waals surface area contributed by atoms with Crippen LogP contribution in [0.5, 0.6) is 5.75 Å². The molecule has 0 aliphatic carbocycles. The molecule has 1 fully saturated rings. The molecule has 2 aliphatic rings. The van der Waals surface area contributed by atoms with Crippen LogP contribution < -0.4 is 30.3 Å². The van der Waals surface area contributed by atoms with Crippen LogP contribution in [0.2, 0.25) is 5.02 Å². The van der Waals surface area contributed by atoms with Crippen LogP contribution in [0, 0.1) is 6.92 Å². The number of carbonyl (C=O) groups is 3. The van der Waals surface area contributed by atoms with Gasteiger partial charge in [-0.05, 0) is 63.2 Å². The van der Waals surface area contributed by atoms with Crippen LogP contribution in [-0.4, -0.2) is 71.0 Å². The van der Waals surface area contributed by atoms with Crippen molar-refractivity contribution in [2.45, 2.75) is 30.2 Å². The average molecular weight is 564 g/mol. The number of halogens is 1. The van der Waals surface area contributed by atoms with Crippen LogP contribution in [0.25, 0.3) is 0 Å². The van der Waals surface area contributed by atoms with Crippen molar-refractivity contribution in [3.8, 4) is 5.75 Å². The number of sulfonamides is 1. The van der Waals surface area contributed by atoms with Gasteiger partial charge < -0.3 is 20.7 Å². The van der Waals surface area contributed by atoms with Gasteiger partial charge in [-0.2, -0.15) is 0 Å². The van der Waals surface area contributed by atoms with E-state index >= 15 is 0 Å². The van der Waals surface area contributed by atoms with Crippen LogP contribution in [0.3, 0.4) is 0 Å². The van der Waals surface area contributed by atoms with Gasteiger partial charge in [0.25, 0.3) is 5.91 Å². The van der Waals surface area contributed by atoms with Gasteiger partial charge >= 0.3 is 0 Å². The molecule has 204 valence electrons. The number of anilines is 1. The first kappa shape index (κ1) is 27.8. The van der Waals surface area contributed by atoms with Gasteiger partial charge in [-0.15, -0.1) is 0 Å². The number of carbonyl (C=O) groups excluding carboxylic acids is 3. The maximum Gasteiger partial charge on any atom is 0.265 e. The van der Waals surface area contributed by atoms with Crippen molar-refractivity contribution in [1.29, 1.82) is 0 Å². The third kappa shape index (κ3) is 6.44. The Bertz CT molecular complexity index is 1310. The summed E-state index contributed by atoms with van der Waals surface area (Å²) in [5, 5.41) is 9.13. The van der Waals surface area contributed by atoms with Crippen molar-refractivity contribution in [2.75, 3.05) is 44.2 Å². The molecule has 11 nitrogen and oxygen atoms in total. The van der Waals surface area contributed by atoms with E-state index in [4.69, 9.17) is 16.3 Å². The fraction of sp³-hybridized carbons (Fsp3) is 0.400. The summed E-state index contributed by atoms with van der Waals surface area (Å²) >= 11 is 6.08. The first-order valence-electron chi connectivity index (χ1n) is 12.2. The van der Waals surface area contributed by atoms with E-state index in [-0.39, 0.29) is 31.1 Å². The number of ether oxygens (including phenoxy) is 1. The van der Waals surface area contributed by atoms with Crippen molar-refractivity contribution in [2.24, 2.45) is 0 Å². The van der Waals surface area contributed by atoms with Crippen LogP contribution in [0.15, 0.2) is 47.4 Å². The fourth-order valence-corrected chi connectivity index (χ4v) is 5.59. The molecule has 0 radical (unpaired) electrons. The second-order valence-corrected chi connectivity index (χ2v) is 11.4. The molecule has 13 heteroatoms. The number of nitrogens with zero attached hydrogens (tertiary/aromatic N) is 1. The van der Waals surface area contributed by atoms with E-state index < -0.39 is 33.3 Å². The minimum absolute atomic E-state index is 0.0238. The number of rotatable bonds is 9. The van der Waals surface area contributed by atoms with Gasteiger partial charge in [-0.25, -0.2) is 13.1 Å². The summed E-state index contributed by atoms with van der Waals surface area (Å²) in [6.07, 6.45) is 0.665. The van der Waals surface area contributed by atoms with Gasteiger partial charge in [0, 0.05) is 18.1 Å². The monoisotopic (exact) mass is 563 g/mol. The molecule has 0 aromatic heterocycles. The Morgan fingerprint density at radius 1 is 1.11 bits per heavy atom. The molecule has 38 heavy (non-hydrogen) atoms. The van der Waals surface area contributed by atoms with Gasteiger partial charge in [-0.1, -0.05) is 29.3 Å². The zero-order valence-electron chi connectivity index (χ0n) is 20.9. The zero-order chi connectivity index (χ0) is 27.3. The molecule has 4 rings (SSSR count). The fourth-order valence-electron chi connectivity index (χ4n) is 4.39. The van der Waals surface area contributed by atoms with Crippen molar-refractivity contribution in [3.63, 3.8) is 0 Å². The predicted molar refractivity (Wildman–Crippen MR) is 142 cm³/mol. The molecular formula is C25H30ClN5O6S. The molecule has 0 spiro atoms. The van der Waals surface area contributed by atoms with Crippen molar-refractivity contribution < 1.29 is 27.5 Å². The molecule has 2 aromatic rings. The van der Waals surface area contributed by atoms with E-state index in [0.29, 0.717) is 42.4 Å². The minimum Gasteiger partial charge on any atom is -0.482 e. The zero-order valence-corrected chi connectivity index (χ0v) is 22.5. The van der Waals surface area contributed by atoms with Crippen molar-refractivity contribution in [3.05, 3.63) is 53.1 Å². The quantitative estimate of drug-likeness (QED) is 0.329. The predicted octanol–water partition coefficient (Wildman–Crippen LogP) is 0.707. The Balaban J connectivity index is 1.37. The summed E-state index contributed by atoms with van der Waals surface area (Å²) in [6, 6.07) is 11.2. The molecule has 0 saturated carbocycles. The Morgan fingerprint density at radius 3 is 2.53 bits per heavy atom. The number of piperidine rings is 1. The lowest BCUT2D eigenvalue weighted by Gasteiger charge is -2.38. The molecule has 2 aromatic carbocycles. The van der Waals surface area contributed by atoms with E-state index in [1.807, 2.05) is 6.92 Å². The molecule has 4 N–H and O–H groups in total. The second kappa shape index (κ2) is 11.7. The summed E-state index contributed by atoms with van der Waals surface area (Å²) in [5.74, 6) is -0.897. The van der Waals surface area contributed by atoms with Gasteiger partial charge in [0.2, 0.25) is 21.8 Å². The molecule has 0 atom stereocenters. The first-order chi connectivity index (χ1) is 18.1. The maximum absolute atomic E-state index is 13.2. The third-order valence-corrected chi connectivity index (χ3v) is 8.18. The topological polar surface area (TPSA) is 146 Å². The average Bonchev–Trinajstić information content (AvgIpc) is 2.89. The van der Waals surface area contributed by atoms with E-state index in [1.165, 1.54) is 17.0 Å². The second-order valence-electron chi connectivity index (χ2n) is 9.23. The summed E-state index contributed by atoms with van der Waals surface area (Å²) in [6.45, 7) is 2.35. The van der Waals surface area contributed by atoms with Gasteiger partial charge in [0.15, 0.2) is 6.61 Å². The third-order valence-electron chi connectivity index (χ3n) is 6.47. The summed E-state index contributed by atoms with van der Waals surface area (Å²) < 4.78 is 32.9. The normalized spacial score (nSPS) is 16.8. The molecule has 3 amide bonds. The first-order valence-corrected chi connectivity index (χ1v) is 14.0. The van der Waals surface area contributed by atoms with Gasteiger partial charge in [0.05, 0.1) is 10.6 Å². The maximum atomic E-state index is 13.2. The minimum atomic E-state index is -3.72. The number of fused-ring (bicyclic) bond motifs is 1. The summed E-state index contributed by atoms with van der Waals surface area (Å²) in [5.41, 5.74) is 0.120. The SMILES string of the molecule is Cc1ccc(S(=O)(=O)NCCNC(=O)C2(NC(=O)CN3C(=O)COc4ccc(Cl)cc43)CCNCC2)cc1. The standard InChI is InChI=1S/C25H30ClN5O6S/c1-17-2-5-19(6-3-17)38(35,36)29-13-12-28-24(34)25(8-10-27-11-9-25)30-22(32)15-31-20-14-18(26)4-7-21(20)37-16-23(31)33/h2-7,14,27,29H,8-13,15-16H2,1H3,(H,28,34)(H,30,32). The van der Waals surface area contributed by atoms with Crippen LogP contribution in [0.4, 0.5) is 5.69 Å². The lowest BCUT2D eigenvalue weighted by Crippen LogP contribution is -2.64. The Labute approximate surface area is 226 Å². The number of hydrogen-bond donors (Lipinski definition) is 4. The number of hydrogen-bond acceptors (Lipinski definition) is 7. The Morgan fingerprint density at radius 2 is 1.82 bits per heavy atom. The lowest BCUT2D eigenvalue weighted by atomic mass is 9.87. The van der Waals surface area contributed by atoms with Crippen LogP contribution >= 0.6 is 11.6 Å². The van der Waals surface area contributed by atoms with E-state index in [0.717, 1.165) is 5.56 Å². The molecule has 1 saturated heterocycles. The molecule has 2 heterocycles. The van der Waals surface area contributed by atoms with Gasteiger partial charge in [0.1, 0.15) is 17.8 Å². The van der Waals surface area contributed by atoms with Crippen molar-refractivity contribution in [1.82, 2.24) is 20.7 Å². The highest BCUT2D eigenvalue weighted by Gasteiger charge is 2.41. The molecule has 2 aliphatic heterocycles. The highest BCUT2D eigenvalue weighted by Crippen LogP contribution is 2.34.